The van der Waals surface area contributed by atoms with Crippen LogP contribution in [0.5, 0.6) is 0 Å². The zero-order chi connectivity index (χ0) is 5.82. The van der Waals surface area contributed by atoms with Crippen molar-refractivity contribution in [2.45, 2.75) is 0 Å². The molecule has 8 heavy (non-hydrogen) atoms. The number of nitrogens with zero attached hydrogens (tertiary/aromatic N) is 1. The average Bonchev–Trinajstić information content (AvgIpc) is 1.90. The van der Waals surface area contributed by atoms with Crippen LogP contribution in [0.4, 0.5) is 0 Å². The van der Waals surface area contributed by atoms with Crippen molar-refractivity contribution in [2.75, 3.05) is 0 Å². The Morgan fingerprint density at radius 2 is 2.62 bits per heavy atom. The van der Waals surface area contributed by atoms with Gasteiger partial charge in [-0.25, -0.2) is 0 Å². The van der Waals surface area contributed by atoms with Crippen LogP contribution in [0.1, 0.15) is 5.46 Å². The van der Waals surface area contributed by atoms with Crippen molar-refractivity contribution in [1.29, 1.82) is 0 Å². The van der Waals surface area contributed by atoms with Gasteiger partial charge in [-0.2, -0.15) is 0 Å². The first-order chi connectivity index (χ1) is 3.93. The zero-order valence-electron chi connectivity index (χ0n) is 4.54. The molecule has 0 spiro atoms. The third-order valence-corrected chi connectivity index (χ3v) is 0.920. The molecular formula is C6H6BN. The maximum absolute atomic E-state index is 3.88. The van der Waals surface area contributed by atoms with Gasteiger partial charge in [-0.15, -0.1) is 0 Å². The van der Waals surface area contributed by atoms with Gasteiger partial charge < -0.3 is 0 Å². The second kappa shape index (κ2) is 2.41. The molecule has 0 N–H and O–H groups in total. The monoisotopic (exact) mass is 103 g/mol. The molecule has 1 aromatic rings. The first-order valence-electron chi connectivity index (χ1n) is 2.46. The minimum absolute atomic E-state index is 1.06. The first kappa shape index (κ1) is 5.23. The molecule has 0 aromatic carbocycles. The summed E-state index contributed by atoms with van der Waals surface area (Å²) in [5.74, 6) is 0. The van der Waals surface area contributed by atoms with Crippen LogP contribution in [0.2, 0.25) is 0 Å². The predicted octanol–water partition coefficient (Wildman–Crippen LogP) is 1.06. The molecule has 0 unspecified atom stereocenters. The van der Waals surface area contributed by atoms with Crippen LogP contribution in [0, 0.1) is 0 Å². The van der Waals surface area contributed by atoms with E-state index in [1.807, 2.05) is 12.1 Å². The van der Waals surface area contributed by atoms with E-state index < -0.39 is 0 Å². The molecule has 0 aliphatic rings. The zero-order valence-corrected chi connectivity index (χ0v) is 4.54. The second-order valence-electron chi connectivity index (χ2n) is 1.49. The quantitative estimate of drug-likeness (QED) is 0.517. The van der Waals surface area contributed by atoms with Crippen LogP contribution in [0.3, 0.4) is 0 Å². The fraction of sp³-hybridized carbons (Fsp3) is 0. The van der Waals surface area contributed by atoms with Gasteiger partial charge in [0.25, 0.3) is 0 Å². The van der Waals surface area contributed by atoms with Gasteiger partial charge in [0.05, 0.1) is 0 Å². The van der Waals surface area contributed by atoms with Gasteiger partial charge >= 0.3 is 48.4 Å². The van der Waals surface area contributed by atoms with Crippen LogP contribution >= 0.6 is 0 Å². The van der Waals surface area contributed by atoms with Gasteiger partial charge in [0.1, 0.15) is 0 Å². The SMILES string of the molecule is C=Cc1bnccc1. The third-order valence-electron chi connectivity index (χ3n) is 0.920. The first-order valence-corrected chi connectivity index (χ1v) is 2.46. The molecule has 0 saturated heterocycles. The Balaban J connectivity index is 2.99. The van der Waals surface area contributed by atoms with Crippen LogP contribution < -0.4 is 0 Å². The number of hydrogen-bond acceptors (Lipinski definition) is 1. The molecule has 0 aliphatic carbocycles. The fourth-order valence-electron chi connectivity index (χ4n) is 0.497. The van der Waals surface area contributed by atoms with E-state index in [9.17, 15) is 0 Å². The summed E-state index contributed by atoms with van der Waals surface area (Å²) in [6.07, 6.45) is 3.51. The van der Waals surface area contributed by atoms with E-state index >= 15 is 0 Å². The summed E-state index contributed by atoms with van der Waals surface area (Å²) in [5.41, 5.74) is 1.06. The maximum atomic E-state index is 3.88. The molecule has 0 bridgehead atoms. The molecule has 1 rings (SSSR count). The Morgan fingerprint density at radius 1 is 1.75 bits per heavy atom. The summed E-state index contributed by atoms with van der Waals surface area (Å²) in [5, 5.41) is 0. The fourth-order valence-corrected chi connectivity index (χ4v) is 0.497. The number of aromatic nitrogens is 1. The van der Waals surface area contributed by atoms with E-state index in [-0.39, 0.29) is 0 Å². The van der Waals surface area contributed by atoms with Crippen molar-refractivity contribution in [3.05, 3.63) is 30.4 Å². The summed E-state index contributed by atoms with van der Waals surface area (Å²) in [6, 6.07) is 3.84. The van der Waals surface area contributed by atoms with E-state index in [1.54, 1.807) is 19.3 Å². The molecule has 0 amide bonds. The Labute approximate surface area is 49.3 Å². The Morgan fingerprint density at radius 3 is 3.00 bits per heavy atom. The molecule has 0 radical (unpaired) electrons. The van der Waals surface area contributed by atoms with Crippen LogP contribution in [-0.4, -0.2) is 11.9 Å². The molecule has 1 heterocycles. The van der Waals surface area contributed by atoms with Crippen LogP contribution in [0.25, 0.3) is 6.08 Å². The third kappa shape index (κ3) is 1.03. The molecule has 1 nitrogen and oxygen atoms in total. The minimum atomic E-state index is 1.06. The van der Waals surface area contributed by atoms with Gasteiger partial charge in [0.15, 0.2) is 0 Å². The van der Waals surface area contributed by atoms with Gasteiger partial charge in [-0.3, -0.25) is 0 Å². The molecule has 1 aromatic heterocycles. The molecule has 38 valence electrons. The van der Waals surface area contributed by atoms with Gasteiger partial charge in [-0.1, -0.05) is 0 Å². The Kier molecular flexibility index (Phi) is 1.57. The summed E-state index contributed by atoms with van der Waals surface area (Å²) in [6.45, 7) is 3.59. The van der Waals surface area contributed by atoms with E-state index in [0.29, 0.717) is 0 Å². The standard InChI is InChI=1S/C6H6BN/c1-2-6-4-3-5-8-7-6/h2-5H,1H2. The number of rotatable bonds is 1. The van der Waals surface area contributed by atoms with Gasteiger partial charge in [0, 0.05) is 0 Å². The van der Waals surface area contributed by atoms with Crippen LogP contribution in [-0.2, 0) is 0 Å². The Bertz CT molecular complexity index is 171. The van der Waals surface area contributed by atoms with Crippen molar-refractivity contribution >= 4 is 13.1 Å². The molecular weight excluding hydrogens is 96.9 g/mol. The van der Waals surface area contributed by atoms with Gasteiger partial charge in [0.2, 0.25) is 0 Å². The van der Waals surface area contributed by atoms with Gasteiger partial charge in [-0.05, 0) is 0 Å². The average molecular weight is 103 g/mol. The summed E-state index contributed by atoms with van der Waals surface area (Å²) in [7, 11) is 1.77. The van der Waals surface area contributed by atoms with Crippen LogP contribution in [0.15, 0.2) is 24.9 Å². The molecule has 2 heteroatoms. The summed E-state index contributed by atoms with van der Waals surface area (Å²) in [4.78, 5) is 3.88. The molecule has 0 fully saturated rings. The van der Waals surface area contributed by atoms with E-state index in [0.717, 1.165) is 5.46 Å². The molecule has 0 saturated carbocycles. The normalized spacial score (nSPS) is 8.00. The Hall–Kier alpha value is -0.915. The van der Waals surface area contributed by atoms with Crippen molar-refractivity contribution in [2.24, 2.45) is 0 Å². The summed E-state index contributed by atoms with van der Waals surface area (Å²) >= 11 is 0. The van der Waals surface area contributed by atoms with Crippen molar-refractivity contribution < 1.29 is 0 Å². The van der Waals surface area contributed by atoms with E-state index in [1.165, 1.54) is 0 Å². The summed E-state index contributed by atoms with van der Waals surface area (Å²) < 4.78 is 0. The molecule has 0 atom stereocenters. The van der Waals surface area contributed by atoms with E-state index in [2.05, 4.69) is 11.5 Å². The second-order valence-corrected chi connectivity index (χ2v) is 1.49. The predicted molar refractivity (Wildman–Crippen MR) is 35.7 cm³/mol. The van der Waals surface area contributed by atoms with Crippen molar-refractivity contribution in [3.63, 3.8) is 0 Å². The van der Waals surface area contributed by atoms with E-state index in [4.69, 9.17) is 0 Å². The molecule has 0 aliphatic heterocycles. The van der Waals surface area contributed by atoms with Crippen molar-refractivity contribution in [1.82, 2.24) is 4.89 Å². The van der Waals surface area contributed by atoms with Crippen molar-refractivity contribution in [3.8, 4) is 0 Å². The number of hydrogen-bond donors (Lipinski definition) is 0. The topological polar surface area (TPSA) is 12.9 Å².